The van der Waals surface area contributed by atoms with Crippen LogP contribution in [0.1, 0.15) is 58.3 Å². The second kappa shape index (κ2) is 13.0. The van der Waals surface area contributed by atoms with E-state index in [1.165, 1.54) is 22.6 Å². The molecule has 41 heavy (non-hydrogen) atoms. The Morgan fingerprint density at radius 1 is 0.951 bits per heavy atom. The summed E-state index contributed by atoms with van der Waals surface area (Å²) in [4.78, 5) is 17.3. The number of aryl methyl sites for hydroxylation is 1. The Kier molecular flexibility index (Phi) is 9.15. The summed E-state index contributed by atoms with van der Waals surface area (Å²) in [7, 11) is 0. The van der Waals surface area contributed by atoms with Crippen molar-refractivity contribution in [3.05, 3.63) is 106 Å². The number of carbonyl (C=O) groups excluding carboxylic acids is 1. The van der Waals surface area contributed by atoms with Crippen molar-refractivity contribution in [1.29, 1.82) is 0 Å². The summed E-state index contributed by atoms with van der Waals surface area (Å²) in [5.41, 5.74) is 8.35. The van der Waals surface area contributed by atoms with Crippen molar-refractivity contribution in [2.24, 2.45) is 0 Å². The molecular formula is C34H40N4O2S. The lowest BCUT2D eigenvalue weighted by Gasteiger charge is -2.27. The highest BCUT2D eigenvalue weighted by atomic mass is 32.2. The summed E-state index contributed by atoms with van der Waals surface area (Å²) >= 11 is 2.03. The topological polar surface area (TPSA) is 61.6 Å². The molecule has 0 saturated carbocycles. The van der Waals surface area contributed by atoms with Gasteiger partial charge in [0.05, 0.1) is 5.69 Å². The summed E-state index contributed by atoms with van der Waals surface area (Å²) in [5, 5.41) is 15.5. The van der Waals surface area contributed by atoms with Gasteiger partial charge in [-0.25, -0.2) is 0 Å². The molecule has 2 heterocycles. The number of hydrogen-bond acceptors (Lipinski definition) is 5. The quantitative estimate of drug-likeness (QED) is 0.248. The highest BCUT2D eigenvalue weighted by Gasteiger charge is 2.25. The number of phenolic OH excluding ortho intramolecular Hbond substituents is 1. The molecule has 3 aromatic carbocycles. The summed E-state index contributed by atoms with van der Waals surface area (Å²) in [6.45, 7) is 12.7. The Hall–Kier alpha value is -3.55. The van der Waals surface area contributed by atoms with Gasteiger partial charge in [-0.2, -0.15) is 16.9 Å². The molecule has 7 heteroatoms. The molecule has 0 aliphatic carbocycles. The second-order valence-corrected chi connectivity index (χ2v) is 11.9. The molecule has 1 aliphatic heterocycles. The van der Waals surface area contributed by atoms with Crippen LogP contribution in [0.25, 0.3) is 11.1 Å². The van der Waals surface area contributed by atoms with Gasteiger partial charge >= 0.3 is 0 Å². The Labute approximate surface area is 248 Å². The molecule has 1 fully saturated rings. The van der Waals surface area contributed by atoms with E-state index in [9.17, 15) is 9.90 Å². The molecule has 0 radical (unpaired) electrons. The fourth-order valence-corrected chi connectivity index (χ4v) is 6.86. The van der Waals surface area contributed by atoms with E-state index in [-0.39, 0.29) is 17.7 Å². The van der Waals surface area contributed by atoms with Crippen LogP contribution in [-0.2, 0) is 6.54 Å². The summed E-state index contributed by atoms with van der Waals surface area (Å²) in [6, 6.07) is 23.7. The van der Waals surface area contributed by atoms with Gasteiger partial charge in [0.15, 0.2) is 0 Å². The second-order valence-electron chi connectivity index (χ2n) is 10.6. The Bertz CT molecular complexity index is 1490. The fraction of sp³-hybridized carbons (Fsp3) is 0.353. The summed E-state index contributed by atoms with van der Waals surface area (Å²) < 4.78 is 2.08. The van der Waals surface area contributed by atoms with E-state index in [0.717, 1.165) is 47.7 Å². The van der Waals surface area contributed by atoms with Crippen LogP contribution in [0.3, 0.4) is 0 Å². The van der Waals surface area contributed by atoms with E-state index in [4.69, 9.17) is 5.10 Å². The van der Waals surface area contributed by atoms with E-state index in [0.29, 0.717) is 18.7 Å². The molecule has 5 rings (SSSR count). The molecular weight excluding hydrogens is 528 g/mol. The van der Waals surface area contributed by atoms with Crippen LogP contribution in [0.2, 0.25) is 0 Å². The zero-order chi connectivity index (χ0) is 28.9. The zero-order valence-corrected chi connectivity index (χ0v) is 25.3. The lowest BCUT2D eigenvalue weighted by Crippen LogP contribution is -2.32. The van der Waals surface area contributed by atoms with Gasteiger partial charge in [0.25, 0.3) is 5.91 Å². The first kappa shape index (κ1) is 29.0. The monoisotopic (exact) mass is 568 g/mol. The maximum Gasteiger partial charge on any atom is 0.253 e. The number of amides is 1. The van der Waals surface area contributed by atoms with E-state index in [2.05, 4.69) is 47.7 Å². The number of aromatic nitrogens is 2. The van der Waals surface area contributed by atoms with Gasteiger partial charge in [-0.1, -0.05) is 48.5 Å². The minimum Gasteiger partial charge on any atom is -0.508 e. The van der Waals surface area contributed by atoms with Crippen LogP contribution in [0.15, 0.2) is 72.8 Å². The number of carbonyl (C=O) groups is 1. The van der Waals surface area contributed by atoms with Gasteiger partial charge in [-0.15, -0.1) is 0 Å². The summed E-state index contributed by atoms with van der Waals surface area (Å²) in [6.07, 6.45) is 0. The van der Waals surface area contributed by atoms with Crippen molar-refractivity contribution in [1.82, 2.24) is 19.6 Å². The average Bonchev–Trinajstić information content (AvgIpc) is 3.28. The number of nitrogens with zero attached hydrogens (tertiary/aromatic N) is 4. The highest BCUT2D eigenvalue weighted by molar-refractivity contribution is 7.99. The van der Waals surface area contributed by atoms with E-state index in [1.54, 1.807) is 12.1 Å². The van der Waals surface area contributed by atoms with Gasteiger partial charge in [0.1, 0.15) is 11.8 Å². The third-order valence-corrected chi connectivity index (χ3v) is 9.01. The van der Waals surface area contributed by atoms with Crippen molar-refractivity contribution in [2.75, 3.05) is 37.7 Å². The van der Waals surface area contributed by atoms with E-state index >= 15 is 0 Å². The maximum atomic E-state index is 13.0. The van der Waals surface area contributed by atoms with Crippen LogP contribution in [0.5, 0.6) is 5.75 Å². The number of hydrogen-bond donors (Lipinski definition) is 1. The fourth-order valence-electron chi connectivity index (χ4n) is 5.88. The van der Waals surface area contributed by atoms with Crippen molar-refractivity contribution in [3.63, 3.8) is 0 Å². The molecule has 4 aromatic rings. The maximum absolute atomic E-state index is 13.0. The lowest BCUT2D eigenvalue weighted by atomic mass is 9.95. The van der Waals surface area contributed by atoms with E-state index in [1.807, 2.05) is 66.9 Å². The number of phenols is 1. The van der Waals surface area contributed by atoms with Gasteiger partial charge in [0.2, 0.25) is 0 Å². The largest absolute Gasteiger partial charge is 0.508 e. The van der Waals surface area contributed by atoms with Crippen LogP contribution < -0.4 is 0 Å². The molecule has 6 nitrogen and oxygen atoms in total. The van der Waals surface area contributed by atoms with Crippen molar-refractivity contribution >= 4 is 17.7 Å². The zero-order valence-electron chi connectivity index (χ0n) is 24.5. The molecule has 1 saturated heterocycles. The molecule has 1 unspecified atom stereocenters. The highest BCUT2D eigenvalue weighted by Crippen LogP contribution is 2.36. The van der Waals surface area contributed by atoms with Gasteiger partial charge in [-0.3, -0.25) is 14.4 Å². The molecule has 1 atom stereocenters. The third kappa shape index (κ3) is 6.21. The first-order chi connectivity index (χ1) is 19.9. The van der Waals surface area contributed by atoms with Gasteiger partial charge in [0, 0.05) is 61.1 Å². The Morgan fingerprint density at radius 2 is 1.66 bits per heavy atom. The molecule has 1 N–H and O–H groups in total. The van der Waals surface area contributed by atoms with Crippen LogP contribution in [0.4, 0.5) is 0 Å². The molecule has 1 aromatic heterocycles. The minimum atomic E-state index is -0.265. The predicted molar refractivity (Wildman–Crippen MR) is 169 cm³/mol. The predicted octanol–water partition coefficient (Wildman–Crippen LogP) is 6.54. The molecule has 1 aliphatic rings. The minimum absolute atomic E-state index is 0.0350. The van der Waals surface area contributed by atoms with Gasteiger partial charge < -0.3 is 10.0 Å². The first-order valence-electron chi connectivity index (χ1n) is 14.5. The third-order valence-electron chi connectivity index (χ3n) is 8.06. The van der Waals surface area contributed by atoms with Crippen molar-refractivity contribution in [2.45, 2.75) is 40.3 Å². The number of thioether (sulfide) groups is 1. The standard InChI is InChI=1S/C34H40N4O2S/c1-5-37(6-2)34(40)27-16-14-26(15-17-27)33(28-11-9-12-30(39)22-28)38-25(4)32(24(3)35-38)31-13-8-7-10-29(31)23-36-18-20-41-21-19-36/h7-17,22,33,39H,5-6,18-21,23H2,1-4H3. The number of aromatic hydroxyl groups is 1. The van der Waals surface area contributed by atoms with Crippen LogP contribution in [0, 0.1) is 13.8 Å². The van der Waals surface area contributed by atoms with E-state index < -0.39 is 0 Å². The Morgan fingerprint density at radius 3 is 2.34 bits per heavy atom. The van der Waals surface area contributed by atoms with Gasteiger partial charge in [-0.05, 0) is 74.2 Å². The van der Waals surface area contributed by atoms with Crippen molar-refractivity contribution < 1.29 is 9.90 Å². The number of rotatable bonds is 9. The molecule has 214 valence electrons. The smallest absolute Gasteiger partial charge is 0.253 e. The first-order valence-corrected chi connectivity index (χ1v) is 15.7. The molecule has 1 amide bonds. The Balaban J connectivity index is 1.57. The summed E-state index contributed by atoms with van der Waals surface area (Å²) in [5.74, 6) is 2.62. The SMILES string of the molecule is CCN(CC)C(=O)c1ccc(C(c2cccc(O)c2)n2nc(C)c(-c3ccccc3CN3CCSCC3)c2C)cc1. The van der Waals surface area contributed by atoms with Crippen LogP contribution in [-0.4, -0.2) is 68.3 Å². The molecule has 0 bridgehead atoms. The van der Waals surface area contributed by atoms with Crippen molar-refractivity contribution in [3.8, 4) is 16.9 Å². The average molecular weight is 569 g/mol. The normalized spacial score (nSPS) is 14.6. The lowest BCUT2D eigenvalue weighted by molar-refractivity contribution is 0.0773. The molecule has 0 spiro atoms. The number of benzene rings is 3. The van der Waals surface area contributed by atoms with Crippen LogP contribution >= 0.6 is 11.8 Å².